The zero-order valence-electron chi connectivity index (χ0n) is 18.7. The summed E-state index contributed by atoms with van der Waals surface area (Å²) in [6.07, 6.45) is 9.30. The van der Waals surface area contributed by atoms with Gasteiger partial charge in [-0.1, -0.05) is 12.1 Å². The summed E-state index contributed by atoms with van der Waals surface area (Å²) in [5.41, 5.74) is 2.97. The van der Waals surface area contributed by atoms with Crippen LogP contribution in [-0.2, 0) is 6.54 Å². The second-order valence-corrected chi connectivity index (χ2v) is 9.03. The number of rotatable bonds is 8. The van der Waals surface area contributed by atoms with Gasteiger partial charge >= 0.3 is 0 Å². The maximum absolute atomic E-state index is 13.5. The van der Waals surface area contributed by atoms with Crippen molar-refractivity contribution in [1.82, 2.24) is 20.2 Å². The molecule has 4 rings (SSSR count). The van der Waals surface area contributed by atoms with Crippen molar-refractivity contribution >= 4 is 17.2 Å². The molecule has 7 heteroatoms. The minimum atomic E-state index is 0.101. The fourth-order valence-electron chi connectivity index (χ4n) is 4.40. The first-order valence-corrected chi connectivity index (χ1v) is 12.1. The summed E-state index contributed by atoms with van der Waals surface area (Å²) in [6.45, 7) is 3.08. The molecule has 1 aliphatic rings. The first-order valence-electron chi connectivity index (χ1n) is 11.2. The monoisotopic (exact) mass is 450 g/mol. The van der Waals surface area contributed by atoms with Crippen molar-refractivity contribution in [2.24, 2.45) is 0 Å². The number of ether oxygens (including phenoxy) is 1. The maximum Gasteiger partial charge on any atom is 0.264 e. The molecule has 1 N–H and O–H groups in total. The van der Waals surface area contributed by atoms with Gasteiger partial charge in [0.25, 0.3) is 5.91 Å². The van der Waals surface area contributed by atoms with Crippen molar-refractivity contribution in [1.29, 1.82) is 0 Å². The van der Waals surface area contributed by atoms with Crippen LogP contribution in [0.4, 0.5) is 0 Å². The summed E-state index contributed by atoms with van der Waals surface area (Å²) in [7, 11) is 2.02. The van der Waals surface area contributed by atoms with Gasteiger partial charge in [0.05, 0.1) is 11.5 Å². The van der Waals surface area contributed by atoms with Crippen LogP contribution in [0.1, 0.15) is 47.8 Å². The van der Waals surface area contributed by atoms with Crippen LogP contribution in [0.15, 0.2) is 54.4 Å². The summed E-state index contributed by atoms with van der Waals surface area (Å²) in [5.74, 6) is 0.921. The van der Waals surface area contributed by atoms with Crippen molar-refractivity contribution in [3.8, 4) is 16.9 Å². The zero-order chi connectivity index (χ0) is 22.3. The van der Waals surface area contributed by atoms with E-state index in [4.69, 9.17) is 4.74 Å². The third kappa shape index (κ3) is 5.16. The highest BCUT2D eigenvalue weighted by Gasteiger charge is 2.30. The molecule has 0 spiro atoms. The molecule has 0 atom stereocenters. The number of hydrogen-bond acceptors (Lipinski definition) is 6. The van der Waals surface area contributed by atoms with Crippen LogP contribution in [0.2, 0.25) is 0 Å². The lowest BCUT2D eigenvalue weighted by atomic mass is 9.89. The van der Waals surface area contributed by atoms with Gasteiger partial charge in [-0.05, 0) is 68.8 Å². The molecular weight excluding hydrogens is 420 g/mol. The van der Waals surface area contributed by atoms with Crippen LogP contribution in [0.3, 0.4) is 0 Å². The largest absolute Gasteiger partial charge is 0.494 e. The molecule has 0 bridgehead atoms. The number of carbonyl (C=O) groups is 1. The van der Waals surface area contributed by atoms with Crippen LogP contribution in [0, 0.1) is 0 Å². The van der Waals surface area contributed by atoms with Gasteiger partial charge in [0.1, 0.15) is 12.1 Å². The molecule has 0 aliphatic heterocycles. The quantitative estimate of drug-likeness (QED) is 0.535. The second-order valence-electron chi connectivity index (χ2n) is 8.09. The van der Waals surface area contributed by atoms with E-state index in [0.717, 1.165) is 53.0 Å². The van der Waals surface area contributed by atoms with E-state index in [0.29, 0.717) is 19.2 Å². The lowest BCUT2D eigenvalue weighted by Crippen LogP contribution is -2.44. The number of thiophene rings is 1. The van der Waals surface area contributed by atoms with E-state index in [1.807, 2.05) is 43.6 Å². The Labute approximate surface area is 193 Å². The number of nitrogens with zero attached hydrogens (tertiary/aromatic N) is 3. The van der Waals surface area contributed by atoms with Crippen LogP contribution in [0.25, 0.3) is 11.1 Å². The Balaban J connectivity index is 1.66. The normalized spacial score (nSPS) is 18.3. The van der Waals surface area contributed by atoms with Crippen molar-refractivity contribution < 1.29 is 9.53 Å². The summed E-state index contributed by atoms with van der Waals surface area (Å²) in [6, 6.07) is 10.7. The van der Waals surface area contributed by atoms with E-state index in [1.54, 1.807) is 12.4 Å². The summed E-state index contributed by atoms with van der Waals surface area (Å²) in [4.78, 5) is 24.7. The molecule has 1 aliphatic carbocycles. The molecule has 0 radical (unpaired) electrons. The molecule has 6 nitrogen and oxygen atoms in total. The number of carbonyl (C=O) groups excluding carboxylic acids is 1. The third-order valence-corrected chi connectivity index (χ3v) is 6.99. The van der Waals surface area contributed by atoms with E-state index >= 15 is 0 Å². The standard InChI is InChI=1S/C25H30N4O2S/c1-3-31-23-11-6-18(20-14-27-17-28-15-20)13-19(23)16-29(25(30)24-5-4-12-32-24)22-9-7-21(26-2)8-10-22/h4-6,11-15,17,21-22,26H,3,7-10,16H2,1-2H3. The number of nitrogens with one attached hydrogen (secondary N) is 1. The van der Waals surface area contributed by atoms with Crippen LogP contribution in [-0.4, -0.2) is 46.5 Å². The molecule has 1 saturated carbocycles. The minimum Gasteiger partial charge on any atom is -0.494 e. The zero-order valence-corrected chi connectivity index (χ0v) is 19.5. The Morgan fingerprint density at radius 3 is 2.59 bits per heavy atom. The predicted octanol–water partition coefficient (Wildman–Crippen LogP) is 4.78. The SMILES string of the molecule is CCOc1ccc(-c2cncnc2)cc1CN(C(=O)c1cccs1)C1CCC(NC)CC1. The number of aromatic nitrogens is 2. The maximum atomic E-state index is 13.5. The molecule has 2 heterocycles. The third-order valence-electron chi connectivity index (χ3n) is 6.13. The minimum absolute atomic E-state index is 0.101. The van der Waals surface area contributed by atoms with Gasteiger partial charge in [-0.25, -0.2) is 9.97 Å². The van der Waals surface area contributed by atoms with Gasteiger partial charge in [-0.3, -0.25) is 4.79 Å². The van der Waals surface area contributed by atoms with Gasteiger partial charge in [0.15, 0.2) is 0 Å². The highest BCUT2D eigenvalue weighted by Crippen LogP contribution is 2.31. The molecule has 3 aromatic rings. The predicted molar refractivity (Wildman–Crippen MR) is 128 cm³/mol. The lowest BCUT2D eigenvalue weighted by Gasteiger charge is -2.37. The molecule has 0 saturated heterocycles. The molecule has 1 aromatic carbocycles. The fraction of sp³-hybridized carbons (Fsp3) is 0.400. The van der Waals surface area contributed by atoms with E-state index in [2.05, 4.69) is 26.3 Å². The molecule has 1 fully saturated rings. The summed E-state index contributed by atoms with van der Waals surface area (Å²) < 4.78 is 5.94. The first-order chi connectivity index (χ1) is 15.7. The van der Waals surface area contributed by atoms with Crippen LogP contribution < -0.4 is 10.1 Å². The van der Waals surface area contributed by atoms with E-state index < -0.39 is 0 Å². The van der Waals surface area contributed by atoms with Crippen LogP contribution >= 0.6 is 11.3 Å². The molecule has 32 heavy (non-hydrogen) atoms. The summed E-state index contributed by atoms with van der Waals surface area (Å²) >= 11 is 1.50. The van der Waals surface area contributed by atoms with E-state index in [9.17, 15) is 4.79 Å². The van der Waals surface area contributed by atoms with Crippen LogP contribution in [0.5, 0.6) is 5.75 Å². The number of hydrogen-bond donors (Lipinski definition) is 1. The average molecular weight is 451 g/mol. The fourth-order valence-corrected chi connectivity index (χ4v) is 5.07. The Morgan fingerprint density at radius 2 is 1.94 bits per heavy atom. The lowest BCUT2D eigenvalue weighted by molar-refractivity contribution is 0.0604. The van der Waals surface area contributed by atoms with Crippen molar-refractivity contribution in [2.75, 3.05) is 13.7 Å². The smallest absolute Gasteiger partial charge is 0.264 e. The average Bonchev–Trinajstić information content (AvgIpc) is 3.39. The molecule has 2 aromatic heterocycles. The highest BCUT2D eigenvalue weighted by molar-refractivity contribution is 7.12. The van der Waals surface area contributed by atoms with Gasteiger partial charge in [-0.15, -0.1) is 11.3 Å². The number of benzene rings is 1. The highest BCUT2D eigenvalue weighted by atomic mass is 32.1. The van der Waals surface area contributed by atoms with E-state index in [1.165, 1.54) is 17.7 Å². The molecule has 0 unspecified atom stereocenters. The van der Waals surface area contributed by atoms with Gasteiger partial charge < -0.3 is 15.0 Å². The van der Waals surface area contributed by atoms with Gasteiger partial charge in [0.2, 0.25) is 0 Å². The summed E-state index contributed by atoms with van der Waals surface area (Å²) in [5, 5.41) is 5.35. The Hall–Kier alpha value is -2.77. The first kappa shape index (κ1) is 22.4. The Kier molecular flexibility index (Phi) is 7.50. The van der Waals surface area contributed by atoms with Crippen molar-refractivity contribution in [3.05, 3.63) is 64.9 Å². The van der Waals surface area contributed by atoms with Gasteiger partial charge in [0, 0.05) is 42.1 Å². The molecule has 1 amide bonds. The van der Waals surface area contributed by atoms with E-state index in [-0.39, 0.29) is 11.9 Å². The second kappa shape index (κ2) is 10.7. The van der Waals surface area contributed by atoms with Gasteiger partial charge in [-0.2, -0.15) is 0 Å². The van der Waals surface area contributed by atoms with Crippen molar-refractivity contribution in [2.45, 2.75) is 51.2 Å². The molecule has 168 valence electrons. The number of amides is 1. The Morgan fingerprint density at radius 1 is 1.16 bits per heavy atom. The topological polar surface area (TPSA) is 67.4 Å². The van der Waals surface area contributed by atoms with Crippen molar-refractivity contribution in [3.63, 3.8) is 0 Å². The Bertz CT molecular complexity index is 1000. The molecular formula is C25H30N4O2S.